The van der Waals surface area contributed by atoms with Gasteiger partial charge in [0, 0.05) is 5.38 Å². The molecule has 0 aliphatic rings. The fourth-order valence-corrected chi connectivity index (χ4v) is 1.80. The third-order valence-corrected chi connectivity index (χ3v) is 2.66. The molecule has 0 saturated heterocycles. The summed E-state index contributed by atoms with van der Waals surface area (Å²) in [7, 11) is 0. The molecular formula is C9H10N4OS. The van der Waals surface area contributed by atoms with Crippen LogP contribution in [0.15, 0.2) is 23.2 Å². The number of amides is 1. The molecular weight excluding hydrogens is 212 g/mol. The molecule has 0 radical (unpaired) electrons. The van der Waals surface area contributed by atoms with Gasteiger partial charge in [-0.2, -0.15) is 16.4 Å². The van der Waals surface area contributed by atoms with E-state index in [1.165, 1.54) is 17.7 Å². The normalized spacial score (nSPS) is 12.3. The number of nitrogens with zero attached hydrogens (tertiary/aromatic N) is 2. The Morgan fingerprint density at radius 1 is 1.67 bits per heavy atom. The molecule has 1 unspecified atom stereocenters. The smallest absolute Gasteiger partial charge is 0.252 e. The van der Waals surface area contributed by atoms with Gasteiger partial charge in [0.2, 0.25) is 0 Å². The Kier molecular flexibility index (Phi) is 2.77. The maximum Gasteiger partial charge on any atom is 0.252 e. The number of thiophene rings is 1. The van der Waals surface area contributed by atoms with Gasteiger partial charge in [-0.25, -0.2) is 4.98 Å². The first-order chi connectivity index (χ1) is 7.27. The second-order valence-corrected chi connectivity index (χ2v) is 3.86. The van der Waals surface area contributed by atoms with Crippen molar-refractivity contribution < 1.29 is 4.79 Å². The summed E-state index contributed by atoms with van der Waals surface area (Å²) in [5, 5.41) is 12.9. The van der Waals surface area contributed by atoms with Gasteiger partial charge in [0.1, 0.15) is 12.2 Å². The van der Waals surface area contributed by atoms with Crippen LogP contribution < -0.4 is 5.32 Å². The molecule has 1 amide bonds. The van der Waals surface area contributed by atoms with Crippen LogP contribution in [0, 0.1) is 0 Å². The number of rotatable bonds is 3. The minimum absolute atomic E-state index is 0.0971. The monoisotopic (exact) mass is 222 g/mol. The Morgan fingerprint density at radius 3 is 3.13 bits per heavy atom. The van der Waals surface area contributed by atoms with Crippen LogP contribution in [-0.2, 0) is 0 Å². The first kappa shape index (κ1) is 9.85. The molecule has 0 aliphatic heterocycles. The lowest BCUT2D eigenvalue weighted by atomic mass is 10.2. The predicted octanol–water partition coefficient (Wildman–Crippen LogP) is 1.36. The van der Waals surface area contributed by atoms with Gasteiger partial charge in [-0.3, -0.25) is 9.89 Å². The zero-order chi connectivity index (χ0) is 10.7. The molecule has 78 valence electrons. The summed E-state index contributed by atoms with van der Waals surface area (Å²) >= 11 is 1.50. The molecule has 0 saturated carbocycles. The van der Waals surface area contributed by atoms with E-state index in [4.69, 9.17) is 0 Å². The number of hydrogen-bond acceptors (Lipinski definition) is 4. The molecule has 1 atom stereocenters. The highest BCUT2D eigenvalue weighted by atomic mass is 32.1. The molecule has 2 rings (SSSR count). The number of hydrogen-bond donors (Lipinski definition) is 2. The molecule has 6 heteroatoms. The van der Waals surface area contributed by atoms with Crippen LogP contribution in [0.5, 0.6) is 0 Å². The van der Waals surface area contributed by atoms with E-state index in [2.05, 4.69) is 20.5 Å². The summed E-state index contributed by atoms with van der Waals surface area (Å²) in [6.07, 6.45) is 1.42. The Hall–Kier alpha value is -1.69. The van der Waals surface area contributed by atoms with Crippen LogP contribution in [0.2, 0.25) is 0 Å². The number of carbonyl (C=O) groups excluding carboxylic acids is 1. The van der Waals surface area contributed by atoms with Crippen molar-refractivity contribution in [3.63, 3.8) is 0 Å². The van der Waals surface area contributed by atoms with E-state index in [-0.39, 0.29) is 11.9 Å². The van der Waals surface area contributed by atoms with Gasteiger partial charge in [-0.15, -0.1) is 0 Å². The first-order valence-electron chi connectivity index (χ1n) is 4.45. The van der Waals surface area contributed by atoms with Gasteiger partial charge >= 0.3 is 0 Å². The third kappa shape index (κ3) is 2.21. The molecule has 0 fully saturated rings. The van der Waals surface area contributed by atoms with Crippen LogP contribution >= 0.6 is 11.3 Å². The Labute approximate surface area is 90.6 Å². The van der Waals surface area contributed by atoms with Gasteiger partial charge < -0.3 is 5.32 Å². The Morgan fingerprint density at radius 2 is 2.53 bits per heavy atom. The van der Waals surface area contributed by atoms with E-state index in [0.29, 0.717) is 11.4 Å². The maximum atomic E-state index is 11.6. The molecule has 2 aromatic rings. The first-order valence-corrected chi connectivity index (χ1v) is 5.40. The van der Waals surface area contributed by atoms with Crippen molar-refractivity contribution >= 4 is 17.2 Å². The highest BCUT2D eigenvalue weighted by molar-refractivity contribution is 7.08. The van der Waals surface area contributed by atoms with Crippen LogP contribution in [-0.4, -0.2) is 21.1 Å². The van der Waals surface area contributed by atoms with Crippen LogP contribution in [0.4, 0.5) is 0 Å². The number of aromatic amines is 1. The molecule has 2 aromatic heterocycles. The van der Waals surface area contributed by atoms with E-state index in [0.717, 1.165) is 0 Å². The van der Waals surface area contributed by atoms with Crippen LogP contribution in [0.25, 0.3) is 0 Å². The summed E-state index contributed by atoms with van der Waals surface area (Å²) in [5.74, 6) is 0.554. The van der Waals surface area contributed by atoms with Crippen molar-refractivity contribution in [3.8, 4) is 0 Å². The average molecular weight is 222 g/mol. The van der Waals surface area contributed by atoms with Crippen molar-refractivity contribution in [3.05, 3.63) is 34.5 Å². The summed E-state index contributed by atoms with van der Waals surface area (Å²) in [6, 6.07) is 1.62. The fraction of sp³-hybridized carbons (Fsp3) is 0.222. The summed E-state index contributed by atoms with van der Waals surface area (Å²) in [4.78, 5) is 15.6. The highest BCUT2D eigenvalue weighted by Crippen LogP contribution is 2.09. The second kappa shape index (κ2) is 4.22. The standard InChI is InChI=1S/C9H10N4OS/c1-6(8-10-5-11-13-8)12-9(14)7-2-3-15-4-7/h2-6H,1H3,(H,12,14)(H,10,11,13). The van der Waals surface area contributed by atoms with E-state index in [1.807, 2.05) is 17.7 Å². The van der Waals surface area contributed by atoms with Gasteiger partial charge in [-0.1, -0.05) is 0 Å². The van der Waals surface area contributed by atoms with Crippen molar-refractivity contribution in [2.24, 2.45) is 0 Å². The molecule has 0 spiro atoms. The topological polar surface area (TPSA) is 70.7 Å². The second-order valence-electron chi connectivity index (χ2n) is 3.08. The van der Waals surface area contributed by atoms with E-state index in [1.54, 1.807) is 6.07 Å². The largest absolute Gasteiger partial charge is 0.342 e. The van der Waals surface area contributed by atoms with Crippen LogP contribution in [0.3, 0.4) is 0 Å². The summed E-state index contributed by atoms with van der Waals surface area (Å²) in [6.45, 7) is 1.85. The lowest BCUT2D eigenvalue weighted by Gasteiger charge is -2.09. The lowest BCUT2D eigenvalue weighted by molar-refractivity contribution is 0.0939. The maximum absolute atomic E-state index is 11.6. The summed E-state index contributed by atoms with van der Waals surface area (Å²) < 4.78 is 0. The van der Waals surface area contributed by atoms with Crippen molar-refractivity contribution in [2.75, 3.05) is 0 Å². The average Bonchev–Trinajstić information content (AvgIpc) is 2.91. The predicted molar refractivity (Wildman–Crippen MR) is 56.6 cm³/mol. The molecule has 15 heavy (non-hydrogen) atoms. The van der Waals surface area contributed by atoms with E-state index >= 15 is 0 Å². The van der Waals surface area contributed by atoms with Gasteiger partial charge in [0.05, 0.1) is 11.6 Å². The fourth-order valence-electron chi connectivity index (χ4n) is 1.17. The van der Waals surface area contributed by atoms with Crippen LogP contribution in [0.1, 0.15) is 29.1 Å². The number of carbonyl (C=O) groups is 1. The Balaban J connectivity index is 2.01. The minimum Gasteiger partial charge on any atom is -0.342 e. The van der Waals surface area contributed by atoms with Gasteiger partial charge in [0.15, 0.2) is 0 Å². The molecule has 2 heterocycles. The molecule has 5 nitrogen and oxygen atoms in total. The van der Waals surface area contributed by atoms with Gasteiger partial charge in [0.25, 0.3) is 5.91 Å². The van der Waals surface area contributed by atoms with Crippen molar-refractivity contribution in [2.45, 2.75) is 13.0 Å². The zero-order valence-corrected chi connectivity index (χ0v) is 8.91. The zero-order valence-electron chi connectivity index (χ0n) is 8.10. The minimum atomic E-state index is -0.167. The third-order valence-electron chi connectivity index (χ3n) is 1.97. The summed E-state index contributed by atoms with van der Waals surface area (Å²) in [5.41, 5.74) is 0.673. The van der Waals surface area contributed by atoms with Gasteiger partial charge in [-0.05, 0) is 18.4 Å². The quantitative estimate of drug-likeness (QED) is 0.823. The van der Waals surface area contributed by atoms with Crippen molar-refractivity contribution in [1.29, 1.82) is 0 Å². The molecule has 0 bridgehead atoms. The van der Waals surface area contributed by atoms with E-state index in [9.17, 15) is 4.79 Å². The number of aromatic nitrogens is 3. The number of nitrogens with one attached hydrogen (secondary N) is 2. The lowest BCUT2D eigenvalue weighted by Crippen LogP contribution is -2.26. The van der Waals surface area contributed by atoms with Crippen molar-refractivity contribution in [1.82, 2.24) is 20.5 Å². The molecule has 0 aromatic carbocycles. The highest BCUT2D eigenvalue weighted by Gasteiger charge is 2.13. The SMILES string of the molecule is CC(NC(=O)c1ccsc1)c1ncn[nH]1. The molecule has 2 N–H and O–H groups in total. The Bertz CT molecular complexity index is 423. The van der Waals surface area contributed by atoms with E-state index < -0.39 is 0 Å². The number of H-pyrrole nitrogens is 1. The molecule has 0 aliphatic carbocycles.